The van der Waals surface area contributed by atoms with E-state index in [0.29, 0.717) is 0 Å². The molecule has 2 heterocycles. The normalized spacial score (nSPS) is 12.6. The molecule has 19 heavy (non-hydrogen) atoms. The van der Waals surface area contributed by atoms with E-state index < -0.39 is 0 Å². The lowest BCUT2D eigenvalue weighted by Gasteiger charge is -2.21. The summed E-state index contributed by atoms with van der Waals surface area (Å²) in [6.07, 6.45) is 1.14. The summed E-state index contributed by atoms with van der Waals surface area (Å²) in [5.41, 5.74) is 4.88. The number of hydrogen-bond donors (Lipinski definition) is 1. The topological polar surface area (TPSA) is 24.9 Å². The Morgan fingerprint density at radius 2 is 1.95 bits per heavy atom. The van der Waals surface area contributed by atoms with Crippen LogP contribution in [-0.2, 0) is 0 Å². The van der Waals surface area contributed by atoms with Gasteiger partial charge in [0.1, 0.15) is 0 Å². The van der Waals surface area contributed by atoms with Crippen LogP contribution in [0.4, 0.5) is 0 Å². The molecule has 3 heteroatoms. The standard InChI is InChI=1S/C16H22N2S/c1-5-9-17-16(15-8-10-19-13(15)4)14-7-6-11(2)18-12(14)3/h6-8,10,16-17H,5,9H2,1-4H3. The maximum Gasteiger partial charge on any atom is 0.0605 e. The molecule has 0 aromatic carbocycles. The summed E-state index contributed by atoms with van der Waals surface area (Å²) < 4.78 is 0. The Bertz CT molecular complexity index is 545. The van der Waals surface area contributed by atoms with Gasteiger partial charge in [-0.05, 0) is 62.4 Å². The largest absolute Gasteiger partial charge is 0.306 e. The molecule has 1 atom stereocenters. The zero-order valence-corrected chi connectivity index (χ0v) is 13.0. The van der Waals surface area contributed by atoms with Crippen LogP contribution in [0.15, 0.2) is 23.6 Å². The van der Waals surface area contributed by atoms with Crippen LogP contribution in [0.5, 0.6) is 0 Å². The van der Waals surface area contributed by atoms with Crippen LogP contribution in [0.1, 0.15) is 46.8 Å². The van der Waals surface area contributed by atoms with Crippen molar-refractivity contribution >= 4 is 11.3 Å². The van der Waals surface area contributed by atoms with Gasteiger partial charge >= 0.3 is 0 Å². The molecule has 0 radical (unpaired) electrons. The van der Waals surface area contributed by atoms with E-state index in [4.69, 9.17) is 0 Å². The lowest BCUT2D eigenvalue weighted by atomic mass is 9.98. The van der Waals surface area contributed by atoms with Crippen molar-refractivity contribution in [3.63, 3.8) is 0 Å². The molecule has 0 aliphatic heterocycles. The number of rotatable bonds is 5. The van der Waals surface area contributed by atoms with E-state index >= 15 is 0 Å². The summed E-state index contributed by atoms with van der Waals surface area (Å²) in [5.74, 6) is 0. The fourth-order valence-corrected chi connectivity index (χ4v) is 3.11. The van der Waals surface area contributed by atoms with Crippen molar-refractivity contribution in [2.45, 2.75) is 40.2 Å². The van der Waals surface area contributed by atoms with Gasteiger partial charge in [0.15, 0.2) is 0 Å². The summed E-state index contributed by atoms with van der Waals surface area (Å²) in [6.45, 7) is 9.56. The lowest BCUT2D eigenvalue weighted by molar-refractivity contribution is 0.593. The molecule has 0 spiro atoms. The molecule has 0 saturated heterocycles. The van der Waals surface area contributed by atoms with Gasteiger partial charge in [0, 0.05) is 16.3 Å². The highest BCUT2D eigenvalue weighted by atomic mass is 32.1. The Hall–Kier alpha value is -1.19. The zero-order valence-electron chi connectivity index (χ0n) is 12.2. The van der Waals surface area contributed by atoms with Crippen molar-refractivity contribution in [3.05, 3.63) is 51.0 Å². The van der Waals surface area contributed by atoms with Gasteiger partial charge in [-0.15, -0.1) is 11.3 Å². The second-order valence-electron chi connectivity index (χ2n) is 4.95. The van der Waals surface area contributed by atoms with E-state index in [0.717, 1.165) is 24.4 Å². The van der Waals surface area contributed by atoms with Crippen LogP contribution in [0.2, 0.25) is 0 Å². The van der Waals surface area contributed by atoms with Crippen molar-refractivity contribution in [3.8, 4) is 0 Å². The zero-order chi connectivity index (χ0) is 13.8. The Balaban J connectivity index is 2.40. The van der Waals surface area contributed by atoms with E-state index in [9.17, 15) is 0 Å². The Morgan fingerprint density at radius 3 is 2.53 bits per heavy atom. The minimum absolute atomic E-state index is 0.263. The summed E-state index contributed by atoms with van der Waals surface area (Å²) in [5, 5.41) is 5.82. The molecular formula is C16H22N2S. The maximum atomic E-state index is 4.61. The average molecular weight is 274 g/mol. The van der Waals surface area contributed by atoms with Gasteiger partial charge in [-0.1, -0.05) is 13.0 Å². The van der Waals surface area contributed by atoms with Crippen molar-refractivity contribution in [2.24, 2.45) is 0 Å². The van der Waals surface area contributed by atoms with Gasteiger partial charge in [0.2, 0.25) is 0 Å². The van der Waals surface area contributed by atoms with Crippen molar-refractivity contribution in [1.82, 2.24) is 10.3 Å². The van der Waals surface area contributed by atoms with Crippen LogP contribution < -0.4 is 5.32 Å². The Morgan fingerprint density at radius 1 is 1.16 bits per heavy atom. The minimum Gasteiger partial charge on any atom is -0.306 e. The molecule has 2 aromatic rings. The molecule has 1 N–H and O–H groups in total. The highest BCUT2D eigenvalue weighted by Crippen LogP contribution is 2.29. The van der Waals surface area contributed by atoms with Gasteiger partial charge in [0.05, 0.1) is 6.04 Å². The van der Waals surface area contributed by atoms with Crippen LogP contribution >= 0.6 is 11.3 Å². The second-order valence-corrected chi connectivity index (χ2v) is 6.07. The molecule has 2 aromatic heterocycles. The van der Waals surface area contributed by atoms with Crippen molar-refractivity contribution in [2.75, 3.05) is 6.54 Å². The molecular weight excluding hydrogens is 252 g/mol. The first kappa shape index (κ1) is 14.2. The molecule has 1 unspecified atom stereocenters. The van der Waals surface area contributed by atoms with E-state index in [1.165, 1.54) is 16.0 Å². The summed E-state index contributed by atoms with van der Waals surface area (Å²) in [4.78, 5) is 5.99. The minimum atomic E-state index is 0.263. The first-order valence-corrected chi connectivity index (χ1v) is 7.73. The average Bonchev–Trinajstić information content (AvgIpc) is 2.78. The van der Waals surface area contributed by atoms with Crippen LogP contribution in [0.3, 0.4) is 0 Å². The summed E-state index contributed by atoms with van der Waals surface area (Å²) >= 11 is 1.81. The highest BCUT2D eigenvalue weighted by Gasteiger charge is 2.18. The molecule has 0 fully saturated rings. The van der Waals surface area contributed by atoms with Gasteiger partial charge < -0.3 is 5.32 Å². The fourth-order valence-electron chi connectivity index (χ4n) is 2.37. The molecule has 102 valence electrons. The third kappa shape index (κ3) is 3.23. The number of nitrogens with zero attached hydrogens (tertiary/aromatic N) is 1. The molecule has 0 saturated carbocycles. The third-order valence-corrected chi connectivity index (χ3v) is 4.25. The van der Waals surface area contributed by atoms with Gasteiger partial charge in [-0.3, -0.25) is 4.98 Å². The van der Waals surface area contributed by atoms with E-state index in [2.05, 4.69) is 54.7 Å². The predicted molar refractivity (Wildman–Crippen MR) is 82.9 cm³/mol. The SMILES string of the molecule is CCCNC(c1ccc(C)nc1C)c1ccsc1C. The first-order valence-electron chi connectivity index (χ1n) is 6.85. The summed E-state index contributed by atoms with van der Waals surface area (Å²) in [7, 11) is 0. The highest BCUT2D eigenvalue weighted by molar-refractivity contribution is 7.10. The predicted octanol–water partition coefficient (Wildman–Crippen LogP) is 4.16. The molecule has 2 nitrogen and oxygen atoms in total. The number of aromatic nitrogens is 1. The monoisotopic (exact) mass is 274 g/mol. The molecule has 2 rings (SSSR count). The van der Waals surface area contributed by atoms with E-state index in [1.54, 1.807) is 0 Å². The first-order chi connectivity index (χ1) is 9.13. The lowest BCUT2D eigenvalue weighted by Crippen LogP contribution is -2.24. The Kier molecular flexibility index (Phi) is 4.72. The molecule has 0 amide bonds. The number of nitrogens with one attached hydrogen (secondary N) is 1. The number of pyridine rings is 1. The number of aryl methyl sites for hydroxylation is 3. The van der Waals surface area contributed by atoms with Gasteiger partial charge in [-0.25, -0.2) is 0 Å². The van der Waals surface area contributed by atoms with Crippen LogP contribution in [-0.4, -0.2) is 11.5 Å². The van der Waals surface area contributed by atoms with Crippen LogP contribution in [0.25, 0.3) is 0 Å². The maximum absolute atomic E-state index is 4.61. The molecule has 0 aliphatic carbocycles. The molecule has 0 aliphatic rings. The van der Waals surface area contributed by atoms with Crippen molar-refractivity contribution < 1.29 is 0 Å². The Labute approximate surface area is 119 Å². The fraction of sp³-hybridized carbons (Fsp3) is 0.438. The van der Waals surface area contributed by atoms with Crippen molar-refractivity contribution in [1.29, 1.82) is 0 Å². The number of hydrogen-bond acceptors (Lipinski definition) is 3. The van der Waals surface area contributed by atoms with Gasteiger partial charge in [-0.2, -0.15) is 0 Å². The van der Waals surface area contributed by atoms with E-state index in [1.807, 2.05) is 18.3 Å². The van der Waals surface area contributed by atoms with Crippen LogP contribution in [0, 0.1) is 20.8 Å². The smallest absolute Gasteiger partial charge is 0.0605 e. The van der Waals surface area contributed by atoms with E-state index in [-0.39, 0.29) is 6.04 Å². The number of thiophene rings is 1. The second kappa shape index (κ2) is 6.31. The molecule has 0 bridgehead atoms. The third-order valence-electron chi connectivity index (χ3n) is 3.39. The van der Waals surface area contributed by atoms with Gasteiger partial charge in [0.25, 0.3) is 0 Å². The summed E-state index contributed by atoms with van der Waals surface area (Å²) in [6, 6.07) is 6.80. The quantitative estimate of drug-likeness (QED) is 0.885.